The zero-order valence-electron chi connectivity index (χ0n) is 47.5. The molecule has 0 aromatic heterocycles. The average Bonchev–Trinajstić information content (AvgIpc) is 1.84. The summed E-state index contributed by atoms with van der Waals surface area (Å²) in [7, 11) is 0. The molecule has 0 aromatic rings. The number of terminal acetylenes is 1. The Hall–Kier alpha value is -17.2. The topological polar surface area (TPSA) is 83.6 Å². The molecule has 1 aliphatic rings. The molecule has 1 aliphatic heterocycles. The van der Waals surface area contributed by atoms with Gasteiger partial charge in [-0.3, -0.25) is 24.1 Å². The molecule has 6 nitrogen and oxygen atoms in total. The first-order valence-corrected chi connectivity index (χ1v) is 24.9. The van der Waals surface area contributed by atoms with Crippen molar-refractivity contribution in [1.29, 1.82) is 0 Å². The van der Waals surface area contributed by atoms with Crippen molar-refractivity contribution >= 4 is 35.3 Å². The van der Waals surface area contributed by atoms with Gasteiger partial charge < -0.3 is 5.32 Å². The van der Waals surface area contributed by atoms with E-state index < -0.39 is 5.25 Å². The Bertz CT molecular complexity index is 5580. The lowest BCUT2D eigenvalue weighted by atomic mass is 10.3. The maximum absolute atomic E-state index is 11.9. The highest BCUT2D eigenvalue weighted by Gasteiger charge is 2.38. The van der Waals surface area contributed by atoms with Crippen molar-refractivity contribution in [2.75, 3.05) is 12.4 Å². The van der Waals surface area contributed by atoms with Crippen LogP contribution in [0.15, 0.2) is 0 Å². The van der Waals surface area contributed by atoms with Gasteiger partial charge in [-0.25, -0.2) is 0 Å². The Labute approximate surface area is 539 Å². The first-order valence-electron chi connectivity index (χ1n) is 23.9. The third kappa shape index (κ3) is 57.3. The van der Waals surface area contributed by atoms with Gasteiger partial charge in [0.2, 0.25) is 17.7 Å². The molecule has 7 heteroatoms. The fourth-order valence-corrected chi connectivity index (χ4v) is 4.90. The Morgan fingerprint density at radius 2 is 0.538 bits per heavy atom. The molecule has 0 aliphatic carbocycles. The molecule has 1 fully saturated rings. The van der Waals surface area contributed by atoms with Gasteiger partial charge >= 0.3 is 0 Å². The van der Waals surface area contributed by atoms with Crippen LogP contribution < -0.4 is 5.32 Å². The average molecular weight is 1150 g/mol. The SMILES string of the molecule is C#CC#CC#CC#CC#CC#CC#CC#CC#CC#CC#CC#CC#CC#CC#CC#CC#CC#CC#CC#CC#CC#CC#CC#CC#CC#CC#CC#CC#CC#CC#CC#CC#CC#CC#CC#CC.CC(=O)CCSC1CC(=O)N(CNC(C)=O)C1=O. The molecule has 91 heavy (non-hydrogen) atoms. The number of rotatable bonds is 6. The number of ketones is 1. The number of amides is 3. The smallest absolute Gasteiger partial charge is 0.244 e. The zero-order valence-corrected chi connectivity index (χ0v) is 48.3. The van der Waals surface area contributed by atoms with Crippen molar-refractivity contribution in [3.63, 3.8) is 0 Å². The van der Waals surface area contributed by atoms with Crippen molar-refractivity contribution in [3.05, 3.63) is 0 Å². The second-order valence-corrected chi connectivity index (χ2v) is 14.4. The van der Waals surface area contributed by atoms with Crippen LogP contribution in [-0.2, 0) is 19.2 Å². The van der Waals surface area contributed by atoms with Gasteiger partial charge in [-0.15, -0.1) is 18.2 Å². The summed E-state index contributed by atoms with van der Waals surface area (Å²) in [6.45, 7) is 4.43. The Balaban J connectivity index is 0.00000382. The number of hydrogen-bond donors (Lipinski definition) is 1. The lowest BCUT2D eigenvalue weighted by Crippen LogP contribution is -2.40. The van der Waals surface area contributed by atoms with E-state index in [1.165, 1.54) is 25.6 Å². The third-order valence-electron chi connectivity index (χ3n) is 6.91. The van der Waals surface area contributed by atoms with Crippen molar-refractivity contribution in [1.82, 2.24) is 10.2 Å². The summed E-state index contributed by atoms with van der Waals surface area (Å²) in [4.78, 5) is 46.0. The molecule has 1 N–H and O–H groups in total. The number of carbonyl (C=O) groups is 4. The predicted octanol–water partition coefficient (Wildman–Crippen LogP) is 0.678. The van der Waals surface area contributed by atoms with Gasteiger partial charge in [-0.05, 0) is 109 Å². The summed E-state index contributed by atoms with van der Waals surface area (Å²) in [5.41, 5.74) is 0. The molecule has 1 saturated heterocycles. The molecule has 1 rings (SSSR count). The van der Waals surface area contributed by atoms with Gasteiger partial charge in [0.05, 0.1) is 5.25 Å². The van der Waals surface area contributed by atoms with Crippen molar-refractivity contribution in [2.24, 2.45) is 0 Å². The number of nitrogens with zero attached hydrogens (tertiary/aromatic N) is 1. The summed E-state index contributed by atoms with van der Waals surface area (Å²) in [6.07, 6.45) is 5.48. The monoisotopic (exact) mass is 1150 g/mol. The molecule has 0 aromatic carbocycles. The summed E-state index contributed by atoms with van der Waals surface area (Å²) in [5, 5.41) is 2.00. The van der Waals surface area contributed by atoms with Crippen LogP contribution in [0.3, 0.4) is 0 Å². The van der Waals surface area contributed by atoms with Crippen LogP contribution in [0.1, 0.15) is 33.6 Å². The maximum atomic E-state index is 11.9. The Morgan fingerprint density at radius 1 is 0.352 bits per heavy atom. The van der Waals surface area contributed by atoms with E-state index in [-0.39, 0.29) is 36.6 Å². The van der Waals surface area contributed by atoms with E-state index in [1.807, 2.05) is 0 Å². The van der Waals surface area contributed by atoms with Crippen LogP contribution >= 0.6 is 11.8 Å². The summed E-state index contributed by atoms with van der Waals surface area (Å²) in [5.74, 6) is 177. The van der Waals surface area contributed by atoms with E-state index in [0.29, 0.717) is 12.2 Å². The predicted molar refractivity (Wildman–Crippen MR) is 353 cm³/mol. The fourth-order valence-electron chi connectivity index (χ4n) is 3.68. The molecule has 396 valence electrons. The molecular formula is C84H20N2O4S. The summed E-state index contributed by atoms with van der Waals surface area (Å²) in [6, 6.07) is 0. The first-order chi connectivity index (χ1) is 44.8. The summed E-state index contributed by atoms with van der Waals surface area (Å²) >= 11 is 1.32. The number of likely N-dealkylation sites (tertiary alicyclic amines) is 1. The van der Waals surface area contributed by atoms with E-state index in [9.17, 15) is 19.2 Å². The van der Waals surface area contributed by atoms with Gasteiger partial charge in [-0.2, -0.15) is 0 Å². The molecular weight excluding hydrogens is 1130 g/mol. The molecule has 0 bridgehead atoms. The van der Waals surface area contributed by atoms with E-state index >= 15 is 0 Å². The van der Waals surface area contributed by atoms with Gasteiger partial charge in [-0.1, -0.05) is 5.92 Å². The first kappa shape index (κ1) is 73.8. The van der Waals surface area contributed by atoms with Crippen molar-refractivity contribution in [2.45, 2.75) is 38.9 Å². The van der Waals surface area contributed by atoms with E-state index in [1.54, 1.807) is 6.92 Å². The normalized spacial score (nSPS) is 6.97. The highest BCUT2D eigenvalue weighted by atomic mass is 32.2. The molecule has 0 radical (unpaired) electrons. The summed E-state index contributed by atoms with van der Waals surface area (Å²) < 4.78 is 0. The molecule has 3 amide bonds. The molecule has 0 saturated carbocycles. The van der Waals surface area contributed by atoms with E-state index in [2.05, 4.69) is 426 Å². The minimum absolute atomic E-state index is 0.0642. The fraction of sp³-hybridized carbons (Fsp3) is 0.0952. The van der Waals surface area contributed by atoms with Gasteiger partial charge in [0.1, 0.15) is 12.5 Å². The van der Waals surface area contributed by atoms with Crippen LogP contribution in [0.2, 0.25) is 0 Å². The minimum atomic E-state index is -0.425. The van der Waals surface area contributed by atoms with Crippen LogP contribution in [0.5, 0.6) is 0 Å². The Kier molecular flexibility index (Phi) is 50.3. The molecule has 1 atom stereocenters. The minimum Gasteiger partial charge on any atom is -0.338 e. The number of hydrogen-bond acceptors (Lipinski definition) is 5. The lowest BCUT2D eigenvalue weighted by Gasteiger charge is -2.14. The van der Waals surface area contributed by atoms with Crippen LogP contribution in [0, 0.1) is 427 Å². The van der Waals surface area contributed by atoms with Crippen LogP contribution in [0.25, 0.3) is 0 Å². The number of nitrogens with one attached hydrogen (secondary N) is 1. The van der Waals surface area contributed by atoms with Crippen molar-refractivity contribution < 1.29 is 19.2 Å². The molecule has 1 heterocycles. The number of imide groups is 1. The largest absolute Gasteiger partial charge is 0.338 e. The van der Waals surface area contributed by atoms with E-state index in [0.717, 1.165) is 4.90 Å². The van der Waals surface area contributed by atoms with Gasteiger partial charge in [0, 0.05) is 345 Å². The number of Topliss-reactive ketones (excluding diaryl/α,β-unsaturated/α-hetero) is 1. The maximum Gasteiger partial charge on any atom is 0.244 e. The standard InChI is InChI=1S/C73H4.C11H16N2O4S/c1-3-5-7-9-11-13-15-17-19-21-23-25-27-29-31-33-35-37-39-41-43-45-47-49-51-53-55-57-59-61-63-65-67-69-71-73-72-70-68-66-64-62-60-58-56-54-52-50-48-46-44-42-40-38-36-34-32-30-28-26-24-22-20-18-16-14-12-10-8-6-4-2;1-7(14)3-4-18-9-5-10(16)13(11(9)17)6-12-8(2)15/h1H,2H3;9H,3-6H2,1-2H3,(H,12,15). The highest BCUT2D eigenvalue weighted by molar-refractivity contribution is 8.00. The second kappa shape index (κ2) is 62.0. The highest BCUT2D eigenvalue weighted by Crippen LogP contribution is 2.25. The third-order valence-corrected chi connectivity index (χ3v) is 8.12. The zero-order chi connectivity index (χ0) is 65.9. The number of carbonyl (C=O) groups excluding carboxylic acids is 4. The Morgan fingerprint density at radius 3 is 0.703 bits per heavy atom. The van der Waals surface area contributed by atoms with Crippen LogP contribution in [0.4, 0.5) is 0 Å². The van der Waals surface area contributed by atoms with E-state index in [4.69, 9.17) is 6.42 Å². The van der Waals surface area contributed by atoms with Gasteiger partial charge in [0.25, 0.3) is 0 Å². The van der Waals surface area contributed by atoms with Gasteiger partial charge in [0.15, 0.2) is 0 Å². The lowest BCUT2D eigenvalue weighted by molar-refractivity contribution is -0.139. The van der Waals surface area contributed by atoms with Crippen molar-refractivity contribution in [3.8, 4) is 427 Å². The quantitative estimate of drug-likeness (QED) is 0.313. The number of thioether (sulfide) groups is 1. The molecule has 0 spiro atoms. The van der Waals surface area contributed by atoms with Crippen LogP contribution in [-0.4, -0.2) is 46.1 Å². The molecule has 1 unspecified atom stereocenters. The second-order valence-electron chi connectivity index (χ2n) is 13.1.